The Kier molecular flexibility index (Phi) is 8.10. The zero-order chi connectivity index (χ0) is 27.4. The highest BCUT2D eigenvalue weighted by Gasteiger charge is 2.27. The van der Waals surface area contributed by atoms with Crippen LogP contribution in [0, 0.1) is 0 Å². The zero-order valence-corrected chi connectivity index (χ0v) is 23.5. The number of ether oxygens (including phenoxy) is 2. The quantitative estimate of drug-likeness (QED) is 0.292. The summed E-state index contributed by atoms with van der Waals surface area (Å²) < 4.78 is 39.7. The fourth-order valence-corrected chi connectivity index (χ4v) is 7.11. The molecule has 0 spiro atoms. The maximum Gasteiger partial charge on any atom is 0.260 e. The second-order valence-electron chi connectivity index (χ2n) is 9.27. The number of hydrogen-bond acceptors (Lipinski definition) is 8. The normalized spacial score (nSPS) is 14.6. The Morgan fingerprint density at radius 1 is 1.00 bits per heavy atom. The van der Waals surface area contributed by atoms with Crippen LogP contribution in [0.1, 0.15) is 41.6 Å². The first-order chi connectivity index (χ1) is 18.9. The van der Waals surface area contributed by atoms with Crippen molar-refractivity contribution in [1.29, 1.82) is 0 Å². The largest absolute Gasteiger partial charge is 0.493 e. The van der Waals surface area contributed by atoms with E-state index in [1.807, 2.05) is 18.2 Å². The number of pyridine rings is 1. The van der Waals surface area contributed by atoms with E-state index in [0.29, 0.717) is 40.8 Å². The molecule has 2 aromatic carbocycles. The fourth-order valence-electron chi connectivity index (χ4n) is 4.62. The Morgan fingerprint density at radius 3 is 2.33 bits per heavy atom. The number of carbonyl (C=O) groups is 1. The smallest absolute Gasteiger partial charge is 0.260 e. The molecule has 0 N–H and O–H groups in total. The molecule has 1 fully saturated rings. The van der Waals surface area contributed by atoms with Crippen molar-refractivity contribution >= 4 is 42.6 Å². The third-order valence-corrected chi connectivity index (χ3v) is 9.68. The van der Waals surface area contributed by atoms with Crippen LogP contribution in [0.5, 0.6) is 11.5 Å². The molecule has 1 amide bonds. The number of sulfonamides is 1. The van der Waals surface area contributed by atoms with Crippen LogP contribution in [0.25, 0.3) is 10.2 Å². The first-order valence-electron chi connectivity index (χ1n) is 12.7. The van der Waals surface area contributed by atoms with Gasteiger partial charge in [-0.1, -0.05) is 30.2 Å². The summed E-state index contributed by atoms with van der Waals surface area (Å²) in [6.45, 7) is 1.29. The van der Waals surface area contributed by atoms with Gasteiger partial charge >= 0.3 is 0 Å². The number of hydrogen-bond donors (Lipinski definition) is 0. The van der Waals surface area contributed by atoms with Crippen LogP contribution in [0.4, 0.5) is 5.13 Å². The third-order valence-electron chi connectivity index (χ3n) is 6.73. The molecule has 1 aliphatic heterocycles. The van der Waals surface area contributed by atoms with Gasteiger partial charge in [-0.15, -0.1) is 0 Å². The number of carbonyl (C=O) groups excluding carboxylic acids is 1. The number of amides is 1. The number of nitrogens with zero attached hydrogens (tertiary/aromatic N) is 4. The monoisotopic (exact) mass is 566 g/mol. The maximum atomic E-state index is 13.8. The molecule has 204 valence electrons. The second-order valence-corrected chi connectivity index (χ2v) is 12.2. The van der Waals surface area contributed by atoms with Gasteiger partial charge in [0.1, 0.15) is 0 Å². The third kappa shape index (κ3) is 5.75. The van der Waals surface area contributed by atoms with E-state index in [1.54, 1.807) is 54.0 Å². The van der Waals surface area contributed by atoms with E-state index in [1.165, 1.54) is 23.5 Å². The SMILES string of the molecule is COc1cc2nc(N(Cc3cccnc3)C(=O)c3ccc(S(=O)(=O)N4CCCCCC4)cc3)sc2cc1OC. The molecule has 2 aromatic heterocycles. The molecule has 1 aliphatic rings. The molecule has 0 bridgehead atoms. The summed E-state index contributed by atoms with van der Waals surface area (Å²) in [5.41, 5.74) is 1.87. The Balaban J connectivity index is 1.48. The van der Waals surface area contributed by atoms with Crippen molar-refractivity contribution in [2.24, 2.45) is 0 Å². The summed E-state index contributed by atoms with van der Waals surface area (Å²) in [6.07, 6.45) is 7.18. The van der Waals surface area contributed by atoms with Crippen LogP contribution in [-0.4, -0.2) is 55.9 Å². The van der Waals surface area contributed by atoms with Gasteiger partial charge in [-0.25, -0.2) is 13.4 Å². The van der Waals surface area contributed by atoms with Gasteiger partial charge in [-0.05, 0) is 48.7 Å². The molecule has 0 saturated carbocycles. The summed E-state index contributed by atoms with van der Waals surface area (Å²) in [4.78, 5) is 24.5. The number of methoxy groups -OCH3 is 2. The Hall–Kier alpha value is -3.54. The molecule has 5 rings (SSSR count). The maximum absolute atomic E-state index is 13.8. The van der Waals surface area contributed by atoms with E-state index in [2.05, 4.69) is 4.98 Å². The van der Waals surface area contributed by atoms with Gasteiger partial charge in [-0.3, -0.25) is 14.7 Å². The van der Waals surface area contributed by atoms with Crippen molar-refractivity contribution < 1.29 is 22.7 Å². The first-order valence-corrected chi connectivity index (χ1v) is 15.0. The summed E-state index contributed by atoms with van der Waals surface area (Å²) in [5, 5.41) is 0.496. The van der Waals surface area contributed by atoms with E-state index in [9.17, 15) is 13.2 Å². The van der Waals surface area contributed by atoms with Crippen LogP contribution >= 0.6 is 11.3 Å². The molecule has 9 nitrogen and oxygen atoms in total. The number of benzene rings is 2. The molecule has 11 heteroatoms. The molecular weight excluding hydrogens is 536 g/mol. The summed E-state index contributed by atoms with van der Waals surface area (Å²) in [7, 11) is -0.482. The van der Waals surface area contributed by atoms with E-state index in [4.69, 9.17) is 14.5 Å². The average molecular weight is 567 g/mol. The minimum absolute atomic E-state index is 0.193. The van der Waals surface area contributed by atoms with Gasteiger partial charge in [0.05, 0.1) is 35.9 Å². The minimum Gasteiger partial charge on any atom is -0.493 e. The lowest BCUT2D eigenvalue weighted by atomic mass is 10.2. The molecule has 0 unspecified atom stereocenters. The van der Waals surface area contributed by atoms with Gasteiger partial charge in [0.2, 0.25) is 10.0 Å². The van der Waals surface area contributed by atoms with Crippen LogP contribution < -0.4 is 14.4 Å². The Morgan fingerprint density at radius 2 is 1.69 bits per heavy atom. The number of aromatic nitrogens is 2. The van der Waals surface area contributed by atoms with E-state index in [-0.39, 0.29) is 17.3 Å². The zero-order valence-electron chi connectivity index (χ0n) is 21.9. The lowest BCUT2D eigenvalue weighted by Gasteiger charge is -2.21. The van der Waals surface area contributed by atoms with Crippen molar-refractivity contribution in [3.63, 3.8) is 0 Å². The minimum atomic E-state index is -3.61. The molecule has 0 atom stereocenters. The molecule has 3 heterocycles. The Bertz CT molecular complexity index is 1510. The highest BCUT2D eigenvalue weighted by molar-refractivity contribution is 7.89. The Labute approximate surface area is 232 Å². The predicted molar refractivity (Wildman–Crippen MR) is 151 cm³/mol. The van der Waals surface area contributed by atoms with Gasteiger partial charge in [0.25, 0.3) is 5.91 Å². The fraction of sp³-hybridized carbons (Fsp3) is 0.321. The molecule has 1 saturated heterocycles. The number of rotatable bonds is 8. The molecule has 0 aliphatic carbocycles. The predicted octanol–water partition coefficient (Wildman–Crippen LogP) is 5.12. The van der Waals surface area contributed by atoms with Gasteiger partial charge in [-0.2, -0.15) is 4.31 Å². The van der Waals surface area contributed by atoms with E-state index in [0.717, 1.165) is 35.9 Å². The molecule has 4 aromatic rings. The lowest BCUT2D eigenvalue weighted by Crippen LogP contribution is -2.32. The van der Waals surface area contributed by atoms with Gasteiger partial charge < -0.3 is 9.47 Å². The van der Waals surface area contributed by atoms with Crippen molar-refractivity contribution in [2.45, 2.75) is 37.1 Å². The number of thiazole rings is 1. The summed E-state index contributed by atoms with van der Waals surface area (Å²) in [5.74, 6) is 0.829. The van der Waals surface area contributed by atoms with Crippen molar-refractivity contribution in [1.82, 2.24) is 14.3 Å². The van der Waals surface area contributed by atoms with Crippen molar-refractivity contribution in [2.75, 3.05) is 32.2 Å². The topological polar surface area (TPSA) is 102 Å². The average Bonchev–Trinajstić information content (AvgIpc) is 3.17. The summed E-state index contributed by atoms with van der Waals surface area (Å²) >= 11 is 1.36. The lowest BCUT2D eigenvalue weighted by molar-refractivity contribution is 0.0985. The van der Waals surface area contributed by atoms with Gasteiger partial charge in [0, 0.05) is 43.2 Å². The van der Waals surface area contributed by atoms with E-state index < -0.39 is 10.0 Å². The van der Waals surface area contributed by atoms with E-state index >= 15 is 0 Å². The summed E-state index contributed by atoms with van der Waals surface area (Å²) in [6, 6.07) is 13.5. The van der Waals surface area contributed by atoms with Crippen LogP contribution in [0.2, 0.25) is 0 Å². The second kappa shape index (κ2) is 11.7. The van der Waals surface area contributed by atoms with Crippen LogP contribution in [0.3, 0.4) is 0 Å². The highest BCUT2D eigenvalue weighted by Crippen LogP contribution is 2.38. The van der Waals surface area contributed by atoms with Crippen molar-refractivity contribution in [3.8, 4) is 11.5 Å². The molecule has 0 radical (unpaired) electrons. The number of fused-ring (bicyclic) bond motifs is 1. The first kappa shape index (κ1) is 27.0. The van der Waals surface area contributed by atoms with Crippen LogP contribution in [-0.2, 0) is 16.6 Å². The molecular formula is C28H30N4O5S2. The highest BCUT2D eigenvalue weighted by atomic mass is 32.2. The standard InChI is InChI=1S/C28H30N4O5S2/c1-36-24-16-23-26(17-25(24)37-2)38-28(30-23)32(19-20-8-7-13-29-18-20)27(33)21-9-11-22(12-10-21)39(34,35)31-14-5-3-4-6-15-31/h7-13,16-18H,3-6,14-15,19H2,1-2H3. The number of anilines is 1. The molecule has 39 heavy (non-hydrogen) atoms. The van der Waals surface area contributed by atoms with Crippen LogP contribution in [0.15, 0.2) is 65.8 Å². The van der Waals surface area contributed by atoms with Crippen molar-refractivity contribution in [3.05, 3.63) is 72.1 Å². The van der Waals surface area contributed by atoms with Gasteiger partial charge in [0.15, 0.2) is 16.6 Å².